The highest BCUT2D eigenvalue weighted by Crippen LogP contribution is 2.76. The van der Waals surface area contributed by atoms with Crippen molar-refractivity contribution >= 4 is 98.8 Å². The van der Waals surface area contributed by atoms with Gasteiger partial charge in [-0.05, 0) is 24.6 Å². The number of carbonyl (C=O) groups excluding carboxylic acids is 1. The number of fused-ring (bicyclic) bond motifs is 2. The summed E-state index contributed by atoms with van der Waals surface area (Å²) in [5.74, 6) is -5.35. The monoisotopic (exact) mass is 509 g/mol. The lowest BCUT2D eigenvalue weighted by Gasteiger charge is -2.33. The molecule has 0 heterocycles. The number of aliphatic carboxylic acids is 1. The first kappa shape index (κ1) is 21.6. The molecular weight excluding hydrogens is 502 g/mol. The molecule has 4 atom stereocenters. The van der Waals surface area contributed by atoms with Crippen LogP contribution in [0.3, 0.4) is 0 Å². The van der Waals surface area contributed by atoms with Gasteiger partial charge in [-0.2, -0.15) is 0 Å². The maximum absolute atomic E-state index is 13.0. The molecule has 11 heteroatoms. The van der Waals surface area contributed by atoms with Crippen molar-refractivity contribution in [2.24, 2.45) is 11.8 Å². The number of anilines is 1. The highest BCUT2D eigenvalue weighted by molar-refractivity contribution is 6.66. The zero-order chi connectivity index (χ0) is 20.5. The number of allylic oxidation sites excluding steroid dienone is 2. The molecule has 1 amide bonds. The van der Waals surface area contributed by atoms with E-state index >= 15 is 0 Å². The van der Waals surface area contributed by atoms with Crippen LogP contribution in [0.5, 0.6) is 0 Å². The fourth-order valence-electron chi connectivity index (χ4n) is 3.52. The molecule has 3 rings (SSSR count). The van der Waals surface area contributed by atoms with E-state index in [1.807, 2.05) is 0 Å². The first-order valence-corrected chi connectivity index (χ1v) is 10.1. The van der Waals surface area contributed by atoms with Crippen molar-refractivity contribution in [1.29, 1.82) is 0 Å². The number of alkyl halides is 4. The summed E-state index contributed by atoms with van der Waals surface area (Å²) in [4.78, 5) is 20.9. The number of rotatable bonds is 3. The predicted molar refractivity (Wildman–Crippen MR) is 110 cm³/mol. The zero-order valence-corrected chi connectivity index (χ0v) is 18.6. The second-order valence-corrected chi connectivity index (χ2v) is 10.1. The van der Waals surface area contributed by atoms with Gasteiger partial charge in [0.25, 0.3) is 0 Å². The summed E-state index contributed by atoms with van der Waals surface area (Å²) in [5.41, 5.74) is 1.12. The van der Waals surface area contributed by atoms with Gasteiger partial charge in [0.15, 0.2) is 4.33 Å². The Labute approximate surface area is 189 Å². The molecule has 1 saturated carbocycles. The van der Waals surface area contributed by atoms with E-state index in [9.17, 15) is 14.7 Å². The molecule has 2 aliphatic rings. The first-order chi connectivity index (χ1) is 12.3. The van der Waals surface area contributed by atoms with Crippen LogP contribution >= 0.6 is 81.2 Å². The van der Waals surface area contributed by atoms with Gasteiger partial charge < -0.3 is 10.4 Å². The Kier molecular flexibility index (Phi) is 5.39. The van der Waals surface area contributed by atoms with Crippen molar-refractivity contribution in [3.8, 4) is 0 Å². The zero-order valence-electron chi connectivity index (χ0n) is 13.3. The summed E-state index contributed by atoms with van der Waals surface area (Å²) in [5, 5.41) is 12.2. The van der Waals surface area contributed by atoms with Crippen molar-refractivity contribution < 1.29 is 14.7 Å². The molecular formula is C16H10Cl7NO3. The van der Waals surface area contributed by atoms with Crippen molar-refractivity contribution in [1.82, 2.24) is 0 Å². The molecule has 2 bridgehead atoms. The topological polar surface area (TPSA) is 66.4 Å². The molecule has 146 valence electrons. The van der Waals surface area contributed by atoms with E-state index in [4.69, 9.17) is 81.2 Å². The maximum Gasteiger partial charge on any atom is 0.309 e. The molecule has 0 aromatic heterocycles. The SMILES string of the molecule is Cc1ccc(NC(=O)[C@@H]2[C@@H](C(=O)O)[C@@]3(Cl)C(Cl)=C(Cl)[C@@]2(Cl)C3(Cl)Cl)cc1Cl. The van der Waals surface area contributed by atoms with Gasteiger partial charge in [0, 0.05) is 10.7 Å². The molecule has 1 fully saturated rings. The summed E-state index contributed by atoms with van der Waals surface area (Å²) >= 11 is 44.1. The van der Waals surface area contributed by atoms with Crippen LogP contribution < -0.4 is 5.32 Å². The van der Waals surface area contributed by atoms with Gasteiger partial charge in [-0.15, -0.1) is 23.2 Å². The van der Waals surface area contributed by atoms with E-state index in [0.29, 0.717) is 10.7 Å². The van der Waals surface area contributed by atoms with Crippen molar-refractivity contribution in [2.75, 3.05) is 5.32 Å². The third kappa shape index (κ3) is 2.64. The average molecular weight is 512 g/mol. The standard InChI is InChI=1S/C16H10Cl7NO3/c1-5-2-3-6(4-7(5)17)24-12(25)8-9(13(26)27)15(21)11(19)10(18)14(8,20)16(15,22)23/h2-4,8-9H,1H3,(H,24,25)(H,26,27)/t8-,9-,14+,15+/m0/s1. The fourth-order valence-corrected chi connectivity index (χ4v) is 6.63. The minimum Gasteiger partial charge on any atom is -0.481 e. The van der Waals surface area contributed by atoms with E-state index in [1.165, 1.54) is 6.07 Å². The van der Waals surface area contributed by atoms with Gasteiger partial charge >= 0.3 is 5.97 Å². The smallest absolute Gasteiger partial charge is 0.309 e. The van der Waals surface area contributed by atoms with Crippen molar-refractivity contribution in [3.05, 3.63) is 38.8 Å². The maximum atomic E-state index is 13.0. The molecule has 2 aliphatic carbocycles. The van der Waals surface area contributed by atoms with Gasteiger partial charge in [0.2, 0.25) is 5.91 Å². The number of halogens is 7. The number of amides is 1. The average Bonchev–Trinajstić information content (AvgIpc) is 2.78. The number of carbonyl (C=O) groups is 2. The second-order valence-electron chi connectivity index (χ2n) is 6.37. The second kappa shape index (κ2) is 6.73. The lowest BCUT2D eigenvalue weighted by Crippen LogP contribution is -2.47. The van der Waals surface area contributed by atoms with Crippen molar-refractivity contribution in [3.63, 3.8) is 0 Å². The number of hydrogen-bond acceptors (Lipinski definition) is 2. The molecule has 0 unspecified atom stereocenters. The van der Waals surface area contributed by atoms with E-state index in [1.54, 1.807) is 19.1 Å². The molecule has 1 aromatic rings. The number of hydrogen-bond donors (Lipinski definition) is 2. The molecule has 0 spiro atoms. The molecule has 0 radical (unpaired) electrons. The van der Waals surface area contributed by atoms with Gasteiger partial charge in [0.05, 0.1) is 21.9 Å². The minimum absolute atomic E-state index is 0.259. The van der Waals surface area contributed by atoms with Crippen molar-refractivity contribution in [2.45, 2.75) is 21.0 Å². The lowest BCUT2D eigenvalue weighted by atomic mass is 9.81. The number of carboxylic acids is 1. The van der Waals surface area contributed by atoms with Gasteiger partial charge in [-0.3, -0.25) is 9.59 Å². The minimum atomic E-state index is -2.15. The molecule has 0 saturated heterocycles. The van der Waals surface area contributed by atoms with Crippen LogP contribution in [0.2, 0.25) is 5.02 Å². The summed E-state index contributed by atoms with van der Waals surface area (Å²) in [7, 11) is 0. The number of aryl methyl sites for hydroxylation is 1. The highest BCUT2D eigenvalue weighted by Gasteiger charge is 2.85. The Morgan fingerprint density at radius 2 is 1.52 bits per heavy atom. The van der Waals surface area contributed by atoms with E-state index in [2.05, 4.69) is 5.32 Å². The molecule has 2 N–H and O–H groups in total. The van der Waals surface area contributed by atoms with Gasteiger partial charge in [-0.25, -0.2) is 0 Å². The number of carboxylic acid groups (broad SMARTS) is 1. The largest absolute Gasteiger partial charge is 0.481 e. The highest BCUT2D eigenvalue weighted by atomic mass is 35.5. The van der Waals surface area contributed by atoms with Crippen LogP contribution in [-0.4, -0.2) is 31.1 Å². The third-order valence-corrected chi connectivity index (χ3v) is 9.59. The lowest BCUT2D eigenvalue weighted by molar-refractivity contribution is -0.146. The summed E-state index contributed by atoms with van der Waals surface area (Å²) in [6.07, 6.45) is 0. The van der Waals surface area contributed by atoms with Crippen LogP contribution in [0.25, 0.3) is 0 Å². The summed E-state index contributed by atoms with van der Waals surface area (Å²) in [6.45, 7) is 1.79. The molecule has 27 heavy (non-hydrogen) atoms. The quantitative estimate of drug-likeness (QED) is 0.507. The van der Waals surface area contributed by atoms with Gasteiger partial charge in [0.1, 0.15) is 9.75 Å². The fraction of sp³-hybridized carbons (Fsp3) is 0.375. The summed E-state index contributed by atoms with van der Waals surface area (Å²) in [6, 6.07) is 4.79. The summed E-state index contributed by atoms with van der Waals surface area (Å²) < 4.78 is -2.15. The Morgan fingerprint density at radius 3 is 2.00 bits per heavy atom. The molecule has 1 aromatic carbocycles. The Bertz CT molecular complexity index is 902. The van der Waals surface area contributed by atoms with E-state index in [0.717, 1.165) is 5.56 Å². The third-order valence-electron chi connectivity index (χ3n) is 4.92. The Morgan fingerprint density at radius 1 is 1.00 bits per heavy atom. The number of nitrogens with one attached hydrogen (secondary N) is 1. The molecule has 0 aliphatic heterocycles. The van der Waals surface area contributed by atoms with Gasteiger partial charge in [-0.1, -0.05) is 64.1 Å². The first-order valence-electron chi connectivity index (χ1n) is 7.43. The van der Waals surface area contributed by atoms with Crippen LogP contribution in [-0.2, 0) is 9.59 Å². The Hall–Kier alpha value is -0.0700. The van der Waals surface area contributed by atoms with Crippen LogP contribution in [0.15, 0.2) is 28.3 Å². The van der Waals surface area contributed by atoms with E-state index in [-0.39, 0.29) is 10.1 Å². The predicted octanol–water partition coefficient (Wildman–Crippen LogP) is 5.75. The number of benzene rings is 1. The van der Waals surface area contributed by atoms with Crippen LogP contribution in [0.1, 0.15) is 5.56 Å². The molecule has 4 nitrogen and oxygen atoms in total. The normalized spacial score (nSPS) is 34.1. The Balaban J connectivity index is 2.10. The van der Waals surface area contributed by atoms with E-state index < -0.39 is 37.8 Å². The van der Waals surface area contributed by atoms with Crippen LogP contribution in [0, 0.1) is 18.8 Å². The van der Waals surface area contributed by atoms with Crippen LogP contribution in [0.4, 0.5) is 5.69 Å².